The lowest BCUT2D eigenvalue weighted by Crippen LogP contribution is -2.16. The van der Waals surface area contributed by atoms with E-state index in [4.69, 9.17) is 5.73 Å². The van der Waals surface area contributed by atoms with E-state index in [2.05, 4.69) is 18.8 Å². The number of aromatic nitrogens is 1. The van der Waals surface area contributed by atoms with Gasteiger partial charge in [-0.2, -0.15) is 0 Å². The maximum Gasteiger partial charge on any atom is 0.147 e. The van der Waals surface area contributed by atoms with Crippen molar-refractivity contribution in [3.8, 4) is 0 Å². The fraction of sp³-hybridized carbons (Fsp3) is 0.333. The van der Waals surface area contributed by atoms with E-state index in [9.17, 15) is 4.39 Å². The van der Waals surface area contributed by atoms with Gasteiger partial charge in [0.05, 0.1) is 5.52 Å². The summed E-state index contributed by atoms with van der Waals surface area (Å²) in [5.41, 5.74) is 7.59. The first-order valence-corrected chi connectivity index (χ1v) is 5.12. The van der Waals surface area contributed by atoms with Crippen LogP contribution >= 0.6 is 0 Å². The Hall–Kier alpha value is -1.35. The van der Waals surface area contributed by atoms with Crippen LogP contribution in [0.5, 0.6) is 0 Å². The van der Waals surface area contributed by atoms with E-state index in [-0.39, 0.29) is 11.9 Å². The van der Waals surface area contributed by atoms with E-state index in [1.807, 2.05) is 6.07 Å². The molecule has 3 heteroatoms. The third-order valence-electron chi connectivity index (χ3n) is 2.77. The van der Waals surface area contributed by atoms with Gasteiger partial charge in [0, 0.05) is 17.6 Å². The largest absolute Gasteiger partial charge is 0.358 e. The Labute approximate surface area is 88.3 Å². The second-order valence-corrected chi connectivity index (χ2v) is 4.18. The number of rotatable bonds is 2. The summed E-state index contributed by atoms with van der Waals surface area (Å²) in [4.78, 5) is 2.94. The topological polar surface area (TPSA) is 41.8 Å². The average Bonchev–Trinajstić information content (AvgIpc) is 2.61. The monoisotopic (exact) mass is 206 g/mol. The van der Waals surface area contributed by atoms with Gasteiger partial charge in [0.25, 0.3) is 0 Å². The van der Waals surface area contributed by atoms with Crippen molar-refractivity contribution in [2.24, 2.45) is 11.7 Å². The first kappa shape index (κ1) is 10.2. The van der Waals surface area contributed by atoms with Gasteiger partial charge in [-0.25, -0.2) is 4.39 Å². The molecule has 15 heavy (non-hydrogen) atoms. The van der Waals surface area contributed by atoms with Crippen molar-refractivity contribution >= 4 is 10.9 Å². The van der Waals surface area contributed by atoms with E-state index in [1.54, 1.807) is 12.3 Å². The van der Waals surface area contributed by atoms with E-state index < -0.39 is 0 Å². The second kappa shape index (κ2) is 3.66. The van der Waals surface area contributed by atoms with Crippen LogP contribution in [0, 0.1) is 11.7 Å². The number of H-pyrrole nitrogens is 1. The van der Waals surface area contributed by atoms with Crippen LogP contribution in [-0.2, 0) is 0 Å². The highest BCUT2D eigenvalue weighted by Crippen LogP contribution is 2.28. The number of hydrogen-bond donors (Lipinski definition) is 2. The van der Waals surface area contributed by atoms with Gasteiger partial charge in [-0.05, 0) is 17.5 Å². The lowest BCUT2D eigenvalue weighted by molar-refractivity contribution is 0.517. The maximum atomic E-state index is 13.4. The van der Waals surface area contributed by atoms with E-state index in [0.29, 0.717) is 11.4 Å². The minimum Gasteiger partial charge on any atom is -0.358 e. The Morgan fingerprint density at radius 3 is 2.73 bits per heavy atom. The molecule has 3 N–H and O–H groups in total. The summed E-state index contributed by atoms with van der Waals surface area (Å²) in [6.45, 7) is 4.12. The van der Waals surface area contributed by atoms with Crippen molar-refractivity contribution in [2.75, 3.05) is 0 Å². The Morgan fingerprint density at radius 2 is 2.07 bits per heavy atom. The number of halogens is 1. The quantitative estimate of drug-likeness (QED) is 0.779. The highest BCUT2D eigenvalue weighted by atomic mass is 19.1. The number of hydrogen-bond acceptors (Lipinski definition) is 1. The molecule has 0 saturated heterocycles. The molecule has 2 aromatic rings. The molecule has 1 unspecified atom stereocenters. The average molecular weight is 206 g/mol. The molecule has 0 fully saturated rings. The van der Waals surface area contributed by atoms with Gasteiger partial charge < -0.3 is 10.7 Å². The van der Waals surface area contributed by atoms with Crippen molar-refractivity contribution in [3.05, 3.63) is 35.8 Å². The molecule has 80 valence electrons. The van der Waals surface area contributed by atoms with Crippen molar-refractivity contribution in [2.45, 2.75) is 19.9 Å². The summed E-state index contributed by atoms with van der Waals surface area (Å²) in [6.07, 6.45) is 1.80. The molecule has 2 nitrogen and oxygen atoms in total. The molecular formula is C12H15FN2. The van der Waals surface area contributed by atoms with Crippen LogP contribution in [0.2, 0.25) is 0 Å². The number of nitrogens with two attached hydrogens (primary N) is 1. The molecular weight excluding hydrogens is 191 g/mol. The van der Waals surface area contributed by atoms with E-state index in [0.717, 1.165) is 10.9 Å². The third kappa shape index (κ3) is 1.63. The van der Waals surface area contributed by atoms with Crippen molar-refractivity contribution in [3.63, 3.8) is 0 Å². The Bertz CT molecular complexity index is 473. The van der Waals surface area contributed by atoms with Crippen LogP contribution in [-0.4, -0.2) is 4.98 Å². The van der Waals surface area contributed by atoms with Crippen LogP contribution in [0.25, 0.3) is 10.9 Å². The molecule has 1 aromatic heterocycles. The Morgan fingerprint density at radius 1 is 1.33 bits per heavy atom. The van der Waals surface area contributed by atoms with Crippen LogP contribution in [0.15, 0.2) is 24.4 Å². The highest BCUT2D eigenvalue weighted by Gasteiger charge is 2.15. The molecule has 1 heterocycles. The fourth-order valence-electron chi connectivity index (χ4n) is 1.77. The summed E-state index contributed by atoms with van der Waals surface area (Å²) >= 11 is 0. The predicted octanol–water partition coefficient (Wildman–Crippen LogP) is 2.96. The lowest BCUT2D eigenvalue weighted by atomic mass is 9.97. The first-order chi connectivity index (χ1) is 7.11. The standard InChI is InChI=1S/C12H15FN2/c1-7(2)11(14)9-6-15-12-8(9)4-3-5-10(12)13/h3-7,11,15H,14H2,1-2H3. The van der Waals surface area contributed by atoms with Gasteiger partial charge in [0.15, 0.2) is 0 Å². The first-order valence-electron chi connectivity index (χ1n) is 5.12. The van der Waals surface area contributed by atoms with E-state index in [1.165, 1.54) is 6.07 Å². The summed E-state index contributed by atoms with van der Waals surface area (Å²) in [5, 5.41) is 0.885. The minimum absolute atomic E-state index is 0.0550. The second-order valence-electron chi connectivity index (χ2n) is 4.18. The smallest absolute Gasteiger partial charge is 0.147 e. The van der Waals surface area contributed by atoms with Crippen LogP contribution in [0.4, 0.5) is 4.39 Å². The van der Waals surface area contributed by atoms with Gasteiger partial charge in [-0.3, -0.25) is 0 Å². The minimum atomic E-state index is -0.227. The lowest BCUT2D eigenvalue weighted by Gasteiger charge is -2.14. The fourth-order valence-corrected chi connectivity index (χ4v) is 1.77. The number of nitrogens with one attached hydrogen (secondary N) is 1. The van der Waals surface area contributed by atoms with Crippen molar-refractivity contribution in [1.82, 2.24) is 4.98 Å². The highest BCUT2D eigenvalue weighted by molar-refractivity contribution is 5.84. The number of aromatic amines is 1. The summed E-state index contributed by atoms with van der Waals surface area (Å²) in [6, 6.07) is 5.00. The van der Waals surface area contributed by atoms with Crippen molar-refractivity contribution in [1.29, 1.82) is 0 Å². The van der Waals surface area contributed by atoms with Crippen molar-refractivity contribution < 1.29 is 4.39 Å². The van der Waals surface area contributed by atoms with Gasteiger partial charge in [0.2, 0.25) is 0 Å². The number of para-hydroxylation sites is 1. The molecule has 0 bridgehead atoms. The summed E-state index contributed by atoms with van der Waals surface area (Å²) in [7, 11) is 0. The normalized spacial score (nSPS) is 13.7. The van der Waals surface area contributed by atoms with Gasteiger partial charge in [-0.15, -0.1) is 0 Å². The SMILES string of the molecule is CC(C)C(N)c1c[nH]c2c(F)cccc12. The Balaban J connectivity index is 2.59. The van der Waals surface area contributed by atoms with Crippen LogP contribution < -0.4 is 5.73 Å². The molecule has 0 radical (unpaired) electrons. The van der Waals surface area contributed by atoms with Gasteiger partial charge in [-0.1, -0.05) is 26.0 Å². The number of benzene rings is 1. The molecule has 0 aliphatic heterocycles. The molecule has 0 spiro atoms. The summed E-state index contributed by atoms with van der Waals surface area (Å²) < 4.78 is 13.4. The molecule has 1 aromatic carbocycles. The maximum absolute atomic E-state index is 13.4. The molecule has 0 aliphatic rings. The van der Waals surface area contributed by atoms with Gasteiger partial charge >= 0.3 is 0 Å². The Kier molecular flexibility index (Phi) is 2.49. The predicted molar refractivity (Wildman–Crippen MR) is 60.0 cm³/mol. The molecule has 0 amide bonds. The summed E-state index contributed by atoms with van der Waals surface area (Å²) in [5.74, 6) is 0.113. The molecule has 2 rings (SSSR count). The zero-order chi connectivity index (χ0) is 11.0. The van der Waals surface area contributed by atoms with Crippen LogP contribution in [0.3, 0.4) is 0 Å². The zero-order valence-corrected chi connectivity index (χ0v) is 8.92. The van der Waals surface area contributed by atoms with Crippen LogP contribution in [0.1, 0.15) is 25.5 Å². The molecule has 1 atom stereocenters. The van der Waals surface area contributed by atoms with E-state index >= 15 is 0 Å². The zero-order valence-electron chi connectivity index (χ0n) is 8.92. The third-order valence-corrected chi connectivity index (χ3v) is 2.77. The number of fused-ring (bicyclic) bond motifs is 1. The van der Waals surface area contributed by atoms with Gasteiger partial charge in [0.1, 0.15) is 5.82 Å². The molecule has 0 aliphatic carbocycles. The molecule has 0 saturated carbocycles.